The van der Waals surface area contributed by atoms with E-state index < -0.39 is 11.0 Å². The molecule has 10 heavy (non-hydrogen) atoms. The van der Waals surface area contributed by atoms with Crippen LogP contribution in [0.15, 0.2) is 0 Å². The molecule has 0 spiro atoms. The van der Waals surface area contributed by atoms with Crippen molar-refractivity contribution < 1.29 is 5.03 Å². The van der Waals surface area contributed by atoms with Crippen molar-refractivity contribution in [3.63, 3.8) is 0 Å². The lowest BCUT2D eigenvalue weighted by Gasteiger charge is -1.99. The Bertz CT molecular complexity index is 160. The Kier molecular flexibility index (Phi) is 3.05. The molecule has 0 amide bonds. The fourth-order valence-corrected chi connectivity index (χ4v) is 0.344. The normalized spacial score (nSPS) is 8.00. The quantitative estimate of drug-likeness (QED) is 0.123. The number of thiocarbonyl (C=S) groups is 1. The first-order chi connectivity index (χ1) is 4.52. The molecular weight excluding hydrogens is 158 g/mol. The lowest BCUT2D eigenvalue weighted by molar-refractivity contribution is -0.525. The summed E-state index contributed by atoms with van der Waals surface area (Å²) < 4.78 is 0. The lowest BCUT2D eigenvalue weighted by atomic mass is 10.9. The molecule has 0 aliphatic heterocycles. The van der Waals surface area contributed by atoms with Gasteiger partial charge in [0.05, 0.1) is 0 Å². The fraction of sp³-hybridized carbons (Fsp3) is 0. The Balaban J connectivity index is 3.65. The smallest absolute Gasteiger partial charge is 0.257 e. The molecule has 0 radical (unpaired) electrons. The molecule has 0 saturated carbocycles. The maximum Gasteiger partial charge on any atom is 0.257 e. The van der Waals surface area contributed by atoms with Crippen LogP contribution in [-0.2, 0) is 0 Å². The number of nitro groups is 1. The zero-order valence-corrected chi connectivity index (χ0v) is 5.57. The van der Waals surface area contributed by atoms with E-state index in [0.29, 0.717) is 0 Å². The molecule has 0 aliphatic rings. The molecule has 0 aromatic rings. The van der Waals surface area contributed by atoms with Gasteiger partial charge in [-0.3, -0.25) is 10.7 Å². The van der Waals surface area contributed by atoms with Gasteiger partial charge in [-0.05, 0) is 12.2 Å². The SMILES string of the molecule is N=C(NC(N)=S)N[N+](=O)[O-]. The van der Waals surface area contributed by atoms with E-state index in [2.05, 4.69) is 12.2 Å². The summed E-state index contributed by atoms with van der Waals surface area (Å²) in [5, 5.41) is 17.3. The van der Waals surface area contributed by atoms with E-state index in [-0.39, 0.29) is 5.11 Å². The van der Waals surface area contributed by atoms with Gasteiger partial charge in [-0.25, -0.2) is 10.1 Å². The van der Waals surface area contributed by atoms with Gasteiger partial charge >= 0.3 is 0 Å². The third kappa shape index (κ3) is 4.71. The van der Waals surface area contributed by atoms with Crippen molar-refractivity contribution in [3.8, 4) is 0 Å². The molecule has 0 aromatic heterocycles. The van der Waals surface area contributed by atoms with Crippen molar-refractivity contribution in [2.75, 3.05) is 0 Å². The molecule has 0 unspecified atom stereocenters. The zero-order chi connectivity index (χ0) is 8.15. The van der Waals surface area contributed by atoms with Crippen LogP contribution in [0, 0.1) is 15.5 Å². The minimum Gasteiger partial charge on any atom is -0.376 e. The molecule has 0 aliphatic carbocycles. The van der Waals surface area contributed by atoms with Crippen LogP contribution < -0.4 is 16.5 Å². The van der Waals surface area contributed by atoms with Crippen LogP contribution in [0.1, 0.15) is 0 Å². The first-order valence-corrected chi connectivity index (χ1v) is 2.49. The van der Waals surface area contributed by atoms with Gasteiger partial charge in [0.2, 0.25) is 0 Å². The average molecular weight is 163 g/mol. The standard InChI is InChI=1S/C2H5N5O2S/c3-1(5-2(4)10)6-7(8)9/h(H5,3,4,5,6,10). The van der Waals surface area contributed by atoms with Gasteiger partial charge in [0.25, 0.3) is 5.96 Å². The van der Waals surface area contributed by atoms with Crippen LogP contribution in [0.4, 0.5) is 0 Å². The monoisotopic (exact) mass is 163 g/mol. The molecule has 5 N–H and O–H groups in total. The fourth-order valence-electron chi connectivity index (χ4n) is 0.242. The summed E-state index contributed by atoms with van der Waals surface area (Å²) in [5.74, 6) is -0.558. The summed E-state index contributed by atoms with van der Waals surface area (Å²) >= 11 is 4.29. The van der Waals surface area contributed by atoms with Gasteiger partial charge in [-0.2, -0.15) is 0 Å². The summed E-state index contributed by atoms with van der Waals surface area (Å²) in [5.41, 5.74) is 6.39. The van der Waals surface area contributed by atoms with Gasteiger partial charge in [0.15, 0.2) is 10.1 Å². The molecular formula is C2H5N5O2S. The highest BCUT2D eigenvalue weighted by Gasteiger charge is 2.00. The van der Waals surface area contributed by atoms with Crippen LogP contribution in [0.25, 0.3) is 0 Å². The Labute approximate surface area is 61.2 Å². The first-order valence-electron chi connectivity index (χ1n) is 2.08. The van der Waals surface area contributed by atoms with E-state index in [1.807, 2.05) is 5.32 Å². The average Bonchev–Trinajstić information content (AvgIpc) is 1.58. The van der Waals surface area contributed by atoms with E-state index in [0.717, 1.165) is 0 Å². The highest BCUT2D eigenvalue weighted by atomic mass is 32.1. The third-order valence-electron chi connectivity index (χ3n) is 0.451. The second-order valence-electron chi connectivity index (χ2n) is 1.23. The number of nitrogens with zero attached hydrogens (tertiary/aromatic N) is 1. The first kappa shape index (κ1) is 8.56. The molecule has 0 rings (SSSR count). The molecule has 0 atom stereocenters. The van der Waals surface area contributed by atoms with Crippen molar-refractivity contribution >= 4 is 23.3 Å². The van der Waals surface area contributed by atoms with E-state index >= 15 is 0 Å². The van der Waals surface area contributed by atoms with Gasteiger partial charge < -0.3 is 5.73 Å². The molecule has 0 saturated heterocycles. The lowest BCUT2D eigenvalue weighted by Crippen LogP contribution is -2.44. The maximum atomic E-state index is 9.62. The number of nitrogens with one attached hydrogen (secondary N) is 3. The Morgan fingerprint density at radius 3 is 2.60 bits per heavy atom. The molecule has 0 heterocycles. The van der Waals surface area contributed by atoms with Crippen LogP contribution in [0.5, 0.6) is 0 Å². The van der Waals surface area contributed by atoms with Crippen LogP contribution >= 0.6 is 12.2 Å². The van der Waals surface area contributed by atoms with Crippen molar-refractivity contribution in [2.24, 2.45) is 5.73 Å². The number of rotatable bonds is 1. The van der Waals surface area contributed by atoms with Gasteiger partial charge in [0, 0.05) is 0 Å². The highest BCUT2D eigenvalue weighted by molar-refractivity contribution is 7.80. The molecule has 0 fully saturated rings. The third-order valence-corrected chi connectivity index (χ3v) is 0.553. The minimum absolute atomic E-state index is 0.195. The Hall–Kier alpha value is -1.44. The predicted octanol–water partition coefficient (Wildman–Crippen LogP) is -1.46. The zero-order valence-electron chi connectivity index (χ0n) is 4.75. The Morgan fingerprint density at radius 2 is 2.30 bits per heavy atom. The molecule has 7 nitrogen and oxygen atoms in total. The number of hydrazine groups is 1. The maximum absolute atomic E-state index is 9.62. The minimum atomic E-state index is -0.895. The van der Waals surface area contributed by atoms with Crippen LogP contribution in [-0.4, -0.2) is 16.1 Å². The van der Waals surface area contributed by atoms with Crippen molar-refractivity contribution in [1.29, 1.82) is 5.41 Å². The summed E-state index contributed by atoms with van der Waals surface area (Å²) in [6, 6.07) is 0. The summed E-state index contributed by atoms with van der Waals surface area (Å²) in [6.45, 7) is 0. The van der Waals surface area contributed by atoms with E-state index in [1.54, 1.807) is 0 Å². The van der Waals surface area contributed by atoms with E-state index in [4.69, 9.17) is 11.1 Å². The van der Waals surface area contributed by atoms with Crippen LogP contribution in [0.3, 0.4) is 0 Å². The molecule has 56 valence electrons. The number of hydrogen-bond acceptors (Lipinski definition) is 4. The van der Waals surface area contributed by atoms with Gasteiger partial charge in [0.1, 0.15) is 0 Å². The summed E-state index contributed by atoms with van der Waals surface area (Å²) in [6.07, 6.45) is 0. The molecule has 0 bridgehead atoms. The van der Waals surface area contributed by atoms with Crippen molar-refractivity contribution in [2.45, 2.75) is 0 Å². The van der Waals surface area contributed by atoms with E-state index in [1.165, 1.54) is 5.43 Å². The van der Waals surface area contributed by atoms with Crippen LogP contribution in [0.2, 0.25) is 0 Å². The topological polar surface area (TPSA) is 117 Å². The predicted molar refractivity (Wildman–Crippen MR) is 37.8 cm³/mol. The van der Waals surface area contributed by atoms with Crippen molar-refractivity contribution in [1.82, 2.24) is 10.7 Å². The van der Waals surface area contributed by atoms with Gasteiger partial charge in [-0.15, -0.1) is 0 Å². The largest absolute Gasteiger partial charge is 0.376 e. The second kappa shape index (κ2) is 3.56. The summed E-state index contributed by atoms with van der Waals surface area (Å²) in [7, 11) is 0. The highest BCUT2D eigenvalue weighted by Crippen LogP contribution is 1.61. The summed E-state index contributed by atoms with van der Waals surface area (Å²) in [4.78, 5) is 9.62. The number of nitrogens with two attached hydrogens (primary N) is 1. The van der Waals surface area contributed by atoms with Crippen molar-refractivity contribution in [3.05, 3.63) is 10.1 Å². The molecule has 8 heteroatoms. The second-order valence-corrected chi connectivity index (χ2v) is 1.67. The van der Waals surface area contributed by atoms with Gasteiger partial charge in [-0.1, -0.05) is 5.43 Å². The Morgan fingerprint density at radius 1 is 1.80 bits per heavy atom. The number of guanidine groups is 1. The molecule has 0 aromatic carbocycles. The van der Waals surface area contributed by atoms with E-state index in [9.17, 15) is 10.1 Å². The number of hydrogen-bond donors (Lipinski definition) is 4.